The van der Waals surface area contributed by atoms with Crippen LogP contribution in [0.2, 0.25) is 0 Å². The first-order valence-corrected chi connectivity index (χ1v) is 8.38. The van der Waals surface area contributed by atoms with Gasteiger partial charge in [-0.1, -0.05) is 18.2 Å². The molecule has 2 heterocycles. The van der Waals surface area contributed by atoms with Crippen molar-refractivity contribution in [2.24, 2.45) is 0 Å². The highest BCUT2D eigenvalue weighted by Crippen LogP contribution is 2.13. The molecule has 0 bridgehead atoms. The Morgan fingerprint density at radius 3 is 2.68 bits per heavy atom. The Labute approximate surface area is 145 Å². The minimum absolute atomic E-state index is 0.0368. The number of nitrogens with zero attached hydrogens (tertiary/aromatic N) is 2. The molecule has 0 spiro atoms. The summed E-state index contributed by atoms with van der Waals surface area (Å²) in [5.74, 6) is -0.841. The molecule has 134 valence electrons. The van der Waals surface area contributed by atoms with E-state index in [-0.39, 0.29) is 18.1 Å². The normalized spacial score (nSPS) is 21.6. The van der Waals surface area contributed by atoms with Crippen molar-refractivity contribution in [3.05, 3.63) is 35.6 Å². The predicted octanol–water partition coefficient (Wildman–Crippen LogP) is 0.458. The van der Waals surface area contributed by atoms with E-state index in [1.807, 2.05) is 6.07 Å². The van der Waals surface area contributed by atoms with Gasteiger partial charge in [0.1, 0.15) is 11.9 Å². The Bertz CT molecular complexity index is 682. The molecule has 25 heavy (non-hydrogen) atoms. The Hall–Kier alpha value is -2.48. The molecule has 0 aliphatic carbocycles. The van der Waals surface area contributed by atoms with Gasteiger partial charge in [0.15, 0.2) is 0 Å². The summed E-state index contributed by atoms with van der Waals surface area (Å²) in [4.78, 5) is 38.9. The maximum Gasteiger partial charge on any atom is 0.322 e. The van der Waals surface area contributed by atoms with E-state index >= 15 is 0 Å². The van der Waals surface area contributed by atoms with Crippen molar-refractivity contribution in [2.75, 3.05) is 26.2 Å². The van der Waals surface area contributed by atoms with E-state index in [2.05, 4.69) is 15.5 Å². The highest BCUT2D eigenvalue weighted by Gasteiger charge is 2.33. The number of amides is 4. The van der Waals surface area contributed by atoms with Gasteiger partial charge in [-0.05, 0) is 12.5 Å². The lowest BCUT2D eigenvalue weighted by atomic mass is 10.2. The number of rotatable bonds is 4. The van der Waals surface area contributed by atoms with Gasteiger partial charge in [0.25, 0.3) is 5.91 Å². The third-order valence-electron chi connectivity index (χ3n) is 4.53. The molecule has 1 aromatic rings. The van der Waals surface area contributed by atoms with Gasteiger partial charge < -0.3 is 10.2 Å². The Morgan fingerprint density at radius 1 is 1.16 bits per heavy atom. The fourth-order valence-corrected chi connectivity index (χ4v) is 3.15. The van der Waals surface area contributed by atoms with Crippen molar-refractivity contribution in [2.45, 2.75) is 25.4 Å². The smallest absolute Gasteiger partial charge is 0.322 e. The third kappa shape index (κ3) is 4.33. The first-order chi connectivity index (χ1) is 12.0. The zero-order chi connectivity index (χ0) is 17.8. The lowest BCUT2D eigenvalue weighted by molar-refractivity contribution is -0.133. The van der Waals surface area contributed by atoms with Crippen LogP contribution in [0, 0.1) is 5.82 Å². The Kier molecular flexibility index (Phi) is 5.28. The highest BCUT2D eigenvalue weighted by molar-refractivity contribution is 6.05. The van der Waals surface area contributed by atoms with Crippen LogP contribution in [-0.4, -0.2) is 59.9 Å². The molecule has 0 unspecified atom stereocenters. The highest BCUT2D eigenvalue weighted by atomic mass is 19.1. The number of nitrogens with one attached hydrogen (secondary N) is 2. The van der Waals surface area contributed by atoms with Gasteiger partial charge in [-0.2, -0.15) is 0 Å². The maximum atomic E-state index is 13.8. The molecular formula is C17H21FN4O3. The molecule has 1 atom stereocenters. The topological polar surface area (TPSA) is 81.8 Å². The number of hydrogen-bond donors (Lipinski definition) is 2. The molecule has 2 aliphatic rings. The van der Waals surface area contributed by atoms with E-state index < -0.39 is 18.0 Å². The summed E-state index contributed by atoms with van der Waals surface area (Å²) >= 11 is 0. The largest absolute Gasteiger partial charge is 0.341 e. The van der Waals surface area contributed by atoms with Gasteiger partial charge in [0.2, 0.25) is 5.91 Å². The summed E-state index contributed by atoms with van der Waals surface area (Å²) in [6.07, 6.45) is 0.744. The number of carbonyl (C=O) groups excluding carboxylic acids is 3. The van der Waals surface area contributed by atoms with Crippen LogP contribution >= 0.6 is 0 Å². The van der Waals surface area contributed by atoms with Crippen molar-refractivity contribution < 1.29 is 18.8 Å². The van der Waals surface area contributed by atoms with Crippen molar-refractivity contribution in [3.8, 4) is 0 Å². The minimum atomic E-state index is -0.794. The maximum absolute atomic E-state index is 13.8. The summed E-state index contributed by atoms with van der Waals surface area (Å²) in [7, 11) is 0. The third-order valence-corrected chi connectivity index (χ3v) is 4.53. The summed E-state index contributed by atoms with van der Waals surface area (Å²) < 4.78 is 13.8. The van der Waals surface area contributed by atoms with Crippen LogP contribution in [0.25, 0.3) is 0 Å². The van der Waals surface area contributed by atoms with Crippen molar-refractivity contribution in [1.29, 1.82) is 0 Å². The number of carbonyl (C=O) groups is 3. The van der Waals surface area contributed by atoms with Gasteiger partial charge in [-0.25, -0.2) is 9.18 Å². The van der Waals surface area contributed by atoms with E-state index in [0.29, 0.717) is 31.7 Å². The molecule has 3 rings (SSSR count). The van der Waals surface area contributed by atoms with E-state index in [9.17, 15) is 18.8 Å². The summed E-state index contributed by atoms with van der Waals surface area (Å²) in [6, 6.07) is 5.34. The average molecular weight is 348 g/mol. The summed E-state index contributed by atoms with van der Waals surface area (Å²) in [5, 5.41) is 4.56. The molecule has 0 saturated carbocycles. The van der Waals surface area contributed by atoms with Crippen molar-refractivity contribution in [3.63, 3.8) is 0 Å². The van der Waals surface area contributed by atoms with Crippen LogP contribution in [0.15, 0.2) is 24.3 Å². The molecule has 2 saturated heterocycles. The van der Waals surface area contributed by atoms with Crippen molar-refractivity contribution in [1.82, 2.24) is 20.4 Å². The van der Waals surface area contributed by atoms with Crippen LogP contribution < -0.4 is 10.6 Å². The molecule has 0 radical (unpaired) electrons. The zero-order valence-corrected chi connectivity index (χ0v) is 13.8. The van der Waals surface area contributed by atoms with E-state index in [4.69, 9.17) is 0 Å². The number of halogens is 1. The predicted molar refractivity (Wildman–Crippen MR) is 88.0 cm³/mol. The number of hydrogen-bond acceptors (Lipinski definition) is 4. The Morgan fingerprint density at radius 2 is 1.96 bits per heavy atom. The van der Waals surface area contributed by atoms with Crippen LogP contribution in [0.1, 0.15) is 18.4 Å². The van der Waals surface area contributed by atoms with Crippen LogP contribution in [0.3, 0.4) is 0 Å². The van der Waals surface area contributed by atoms with Gasteiger partial charge in [0, 0.05) is 38.3 Å². The van der Waals surface area contributed by atoms with Crippen molar-refractivity contribution >= 4 is 17.8 Å². The fraction of sp³-hybridized carbons (Fsp3) is 0.471. The standard InChI is InChI=1S/C17H21FN4O3/c18-13-5-2-1-4-12(13)11-21-6-3-7-22(9-8-21)15(23)10-14-16(24)20-17(25)19-14/h1-2,4-5,14H,3,6-11H2,(H2,19,20,24,25)/t14-/m1/s1. The summed E-state index contributed by atoms with van der Waals surface area (Å²) in [6.45, 7) is 3.04. The van der Waals surface area contributed by atoms with Gasteiger partial charge in [0.05, 0.1) is 6.42 Å². The second kappa shape index (κ2) is 7.60. The quantitative estimate of drug-likeness (QED) is 0.775. The lowest BCUT2D eigenvalue weighted by Crippen LogP contribution is -2.40. The molecule has 8 heteroatoms. The fourth-order valence-electron chi connectivity index (χ4n) is 3.15. The molecule has 0 aromatic heterocycles. The first kappa shape index (κ1) is 17.3. The molecule has 2 fully saturated rings. The molecular weight excluding hydrogens is 327 g/mol. The Balaban J connectivity index is 1.53. The molecule has 7 nitrogen and oxygen atoms in total. The molecule has 4 amide bonds. The number of benzene rings is 1. The zero-order valence-electron chi connectivity index (χ0n) is 13.8. The molecule has 2 N–H and O–H groups in total. The number of imide groups is 1. The van der Waals surface area contributed by atoms with Crippen LogP contribution in [0.5, 0.6) is 0 Å². The van der Waals surface area contributed by atoms with Crippen LogP contribution in [-0.2, 0) is 16.1 Å². The van der Waals surface area contributed by atoms with Gasteiger partial charge in [-0.3, -0.25) is 19.8 Å². The monoisotopic (exact) mass is 348 g/mol. The van der Waals surface area contributed by atoms with E-state index in [1.54, 1.807) is 17.0 Å². The first-order valence-electron chi connectivity index (χ1n) is 8.38. The van der Waals surface area contributed by atoms with E-state index in [0.717, 1.165) is 13.0 Å². The molecule has 1 aromatic carbocycles. The SMILES string of the molecule is O=C1NC(=O)[C@@H](CC(=O)N2CCCN(Cc3ccccc3F)CC2)N1. The lowest BCUT2D eigenvalue weighted by Gasteiger charge is -2.23. The second-order valence-electron chi connectivity index (χ2n) is 6.32. The van der Waals surface area contributed by atoms with Gasteiger partial charge in [-0.15, -0.1) is 0 Å². The molecule has 2 aliphatic heterocycles. The second-order valence-corrected chi connectivity index (χ2v) is 6.32. The number of urea groups is 1. The van der Waals surface area contributed by atoms with E-state index in [1.165, 1.54) is 6.07 Å². The van der Waals surface area contributed by atoms with Gasteiger partial charge >= 0.3 is 6.03 Å². The summed E-state index contributed by atoms with van der Waals surface area (Å²) in [5.41, 5.74) is 0.646. The minimum Gasteiger partial charge on any atom is -0.341 e. The average Bonchev–Trinajstić information content (AvgIpc) is 2.76. The van der Waals surface area contributed by atoms with Crippen LogP contribution in [0.4, 0.5) is 9.18 Å².